The van der Waals surface area contributed by atoms with Crippen molar-refractivity contribution in [3.05, 3.63) is 114 Å². The van der Waals surface area contributed by atoms with E-state index in [2.05, 4.69) is 11.8 Å². The summed E-state index contributed by atoms with van der Waals surface area (Å²) in [4.78, 5) is 0. The molecule has 0 radical (unpaired) electrons. The lowest BCUT2D eigenvalue weighted by Gasteiger charge is -2.09. The number of hydrogen-bond donors (Lipinski definition) is 1. The van der Waals surface area contributed by atoms with E-state index in [1.54, 1.807) is 6.08 Å². The molecule has 0 spiro atoms. The van der Waals surface area contributed by atoms with Crippen molar-refractivity contribution in [2.75, 3.05) is 0 Å². The van der Waals surface area contributed by atoms with Crippen molar-refractivity contribution < 1.29 is 5.11 Å². The lowest BCUT2D eigenvalue weighted by atomic mass is 9.96. The van der Waals surface area contributed by atoms with E-state index in [9.17, 15) is 5.11 Å². The van der Waals surface area contributed by atoms with Crippen LogP contribution in [-0.2, 0) is 0 Å². The Balaban J connectivity index is 1.94. The Morgan fingerprint density at radius 1 is 0.708 bits per heavy atom. The predicted octanol–water partition coefficient (Wildman–Crippen LogP) is 4.53. The van der Waals surface area contributed by atoms with E-state index in [0.29, 0.717) is 0 Å². The van der Waals surface area contributed by atoms with Crippen LogP contribution in [-0.4, -0.2) is 11.2 Å². The minimum atomic E-state index is -0.833. The van der Waals surface area contributed by atoms with Crippen LogP contribution in [0.2, 0.25) is 0 Å². The molecule has 0 aliphatic heterocycles. The van der Waals surface area contributed by atoms with Gasteiger partial charge in [0.05, 0.1) is 0 Å². The zero-order chi connectivity index (χ0) is 16.6. The SMILES string of the molecule is OC(C#Cc1ccccc1)C=C(c1ccccc1)c1ccccc1. The first-order valence-electron chi connectivity index (χ1n) is 7.90. The maximum Gasteiger partial charge on any atom is 0.134 e. The summed E-state index contributed by atoms with van der Waals surface area (Å²) in [5, 5.41) is 10.4. The second kappa shape index (κ2) is 7.97. The maximum absolute atomic E-state index is 10.4. The van der Waals surface area contributed by atoms with E-state index in [-0.39, 0.29) is 0 Å². The van der Waals surface area contributed by atoms with Crippen LogP contribution in [0.15, 0.2) is 97.1 Å². The van der Waals surface area contributed by atoms with Crippen LogP contribution in [0.3, 0.4) is 0 Å². The Labute approximate surface area is 142 Å². The summed E-state index contributed by atoms with van der Waals surface area (Å²) in [6.07, 6.45) is 0.973. The second-order valence-electron chi connectivity index (χ2n) is 5.39. The fourth-order valence-corrected chi connectivity index (χ4v) is 2.47. The van der Waals surface area contributed by atoms with E-state index in [1.165, 1.54) is 0 Å². The molecule has 116 valence electrons. The van der Waals surface area contributed by atoms with Gasteiger partial charge in [-0.1, -0.05) is 90.7 Å². The van der Waals surface area contributed by atoms with Gasteiger partial charge in [0.1, 0.15) is 6.10 Å². The van der Waals surface area contributed by atoms with E-state index in [1.807, 2.05) is 91.0 Å². The number of aliphatic hydroxyl groups is 1. The molecule has 0 saturated carbocycles. The van der Waals surface area contributed by atoms with Crippen molar-refractivity contribution in [1.82, 2.24) is 0 Å². The summed E-state index contributed by atoms with van der Waals surface area (Å²) in [5.41, 5.74) is 3.99. The Morgan fingerprint density at radius 2 is 1.17 bits per heavy atom. The Kier molecular flexibility index (Phi) is 5.24. The Morgan fingerprint density at radius 3 is 1.67 bits per heavy atom. The Hall–Kier alpha value is -3.08. The van der Waals surface area contributed by atoms with Crippen LogP contribution < -0.4 is 0 Å². The molecule has 1 atom stereocenters. The highest BCUT2D eigenvalue weighted by Crippen LogP contribution is 2.23. The average molecular weight is 310 g/mol. The molecule has 0 saturated heterocycles. The molecule has 0 aromatic heterocycles. The van der Waals surface area contributed by atoms with Gasteiger partial charge >= 0.3 is 0 Å². The van der Waals surface area contributed by atoms with Gasteiger partial charge in [0.2, 0.25) is 0 Å². The first-order valence-corrected chi connectivity index (χ1v) is 7.90. The lowest BCUT2D eigenvalue weighted by Crippen LogP contribution is -2.01. The van der Waals surface area contributed by atoms with Crippen LogP contribution in [0.4, 0.5) is 0 Å². The summed E-state index contributed by atoms with van der Waals surface area (Å²) in [6, 6.07) is 29.8. The van der Waals surface area contributed by atoms with E-state index in [0.717, 1.165) is 22.3 Å². The first-order chi connectivity index (χ1) is 11.8. The molecule has 1 unspecified atom stereocenters. The smallest absolute Gasteiger partial charge is 0.134 e. The topological polar surface area (TPSA) is 20.2 Å². The third-order valence-electron chi connectivity index (χ3n) is 3.63. The highest BCUT2D eigenvalue weighted by atomic mass is 16.3. The normalized spacial score (nSPS) is 11.0. The quantitative estimate of drug-likeness (QED) is 0.705. The van der Waals surface area contributed by atoms with Crippen LogP contribution in [0.1, 0.15) is 16.7 Å². The molecule has 3 rings (SSSR count). The lowest BCUT2D eigenvalue weighted by molar-refractivity contribution is 0.281. The molecular weight excluding hydrogens is 292 g/mol. The van der Waals surface area contributed by atoms with Gasteiger partial charge in [0, 0.05) is 5.56 Å². The van der Waals surface area contributed by atoms with Crippen molar-refractivity contribution in [1.29, 1.82) is 0 Å². The van der Waals surface area contributed by atoms with Crippen molar-refractivity contribution in [2.24, 2.45) is 0 Å². The standard InChI is InChI=1S/C23H18O/c24-22(17-16-19-10-4-1-5-11-19)18-23(20-12-6-2-7-13-20)21-14-8-3-9-15-21/h1-15,18,22,24H. The molecule has 0 amide bonds. The fourth-order valence-electron chi connectivity index (χ4n) is 2.47. The van der Waals surface area contributed by atoms with Gasteiger partial charge in [-0.05, 0) is 34.9 Å². The van der Waals surface area contributed by atoms with Crippen LogP contribution in [0.25, 0.3) is 5.57 Å². The van der Waals surface area contributed by atoms with Crippen LogP contribution in [0.5, 0.6) is 0 Å². The van der Waals surface area contributed by atoms with Gasteiger partial charge in [-0.25, -0.2) is 0 Å². The van der Waals surface area contributed by atoms with E-state index in [4.69, 9.17) is 0 Å². The van der Waals surface area contributed by atoms with Gasteiger partial charge in [0.25, 0.3) is 0 Å². The highest BCUT2D eigenvalue weighted by molar-refractivity contribution is 5.80. The van der Waals surface area contributed by atoms with Gasteiger partial charge in [-0.3, -0.25) is 0 Å². The summed E-state index contributed by atoms with van der Waals surface area (Å²) >= 11 is 0. The Bertz CT molecular complexity index is 812. The van der Waals surface area contributed by atoms with Gasteiger partial charge in [-0.15, -0.1) is 0 Å². The molecule has 0 aliphatic carbocycles. The van der Waals surface area contributed by atoms with Crippen molar-refractivity contribution in [2.45, 2.75) is 6.10 Å². The molecule has 3 aromatic rings. The molecule has 1 nitrogen and oxygen atoms in total. The molecule has 3 aromatic carbocycles. The average Bonchev–Trinajstić information content (AvgIpc) is 2.67. The van der Waals surface area contributed by atoms with Gasteiger partial charge < -0.3 is 5.11 Å². The van der Waals surface area contributed by atoms with Crippen LogP contribution in [0, 0.1) is 11.8 Å². The zero-order valence-corrected chi connectivity index (χ0v) is 13.3. The molecule has 0 fully saturated rings. The third kappa shape index (κ3) is 4.23. The van der Waals surface area contributed by atoms with Gasteiger partial charge in [0.15, 0.2) is 0 Å². The van der Waals surface area contributed by atoms with Crippen molar-refractivity contribution >= 4 is 5.57 Å². The van der Waals surface area contributed by atoms with E-state index < -0.39 is 6.10 Å². The summed E-state index contributed by atoms with van der Waals surface area (Å²) in [5.74, 6) is 5.91. The predicted molar refractivity (Wildman–Crippen MR) is 99.3 cm³/mol. The zero-order valence-electron chi connectivity index (χ0n) is 13.3. The van der Waals surface area contributed by atoms with Crippen molar-refractivity contribution in [3.63, 3.8) is 0 Å². The highest BCUT2D eigenvalue weighted by Gasteiger charge is 2.06. The molecule has 0 heterocycles. The molecule has 1 heteroatoms. The summed E-state index contributed by atoms with van der Waals surface area (Å²) in [6.45, 7) is 0. The largest absolute Gasteiger partial charge is 0.377 e. The summed E-state index contributed by atoms with van der Waals surface area (Å²) in [7, 11) is 0. The third-order valence-corrected chi connectivity index (χ3v) is 3.63. The monoisotopic (exact) mass is 310 g/mol. The molecule has 24 heavy (non-hydrogen) atoms. The number of benzene rings is 3. The number of rotatable bonds is 3. The molecule has 0 aliphatic rings. The van der Waals surface area contributed by atoms with Gasteiger partial charge in [-0.2, -0.15) is 0 Å². The minimum Gasteiger partial charge on any atom is -0.377 e. The minimum absolute atomic E-state index is 0.833. The fraction of sp³-hybridized carbons (Fsp3) is 0.0435. The molecule has 1 N–H and O–H groups in total. The second-order valence-corrected chi connectivity index (χ2v) is 5.39. The maximum atomic E-state index is 10.4. The number of hydrogen-bond acceptors (Lipinski definition) is 1. The van der Waals surface area contributed by atoms with Crippen molar-refractivity contribution in [3.8, 4) is 11.8 Å². The summed E-state index contributed by atoms with van der Waals surface area (Å²) < 4.78 is 0. The van der Waals surface area contributed by atoms with E-state index >= 15 is 0 Å². The molecular formula is C23H18O. The first kappa shape index (κ1) is 15.8. The van der Waals surface area contributed by atoms with Crippen LogP contribution >= 0.6 is 0 Å². The molecule has 0 bridgehead atoms. The number of aliphatic hydroxyl groups excluding tert-OH is 1.